The van der Waals surface area contributed by atoms with E-state index in [-0.39, 0.29) is 18.9 Å². The Kier molecular flexibility index (Phi) is 6.25. The van der Waals surface area contributed by atoms with Crippen LogP contribution in [0.15, 0.2) is 58.0 Å². The summed E-state index contributed by atoms with van der Waals surface area (Å²) < 4.78 is 28.9. The molecule has 9 nitrogen and oxygen atoms in total. The van der Waals surface area contributed by atoms with Crippen LogP contribution in [0.3, 0.4) is 0 Å². The minimum absolute atomic E-state index is 0.0261. The molecule has 3 aliphatic heterocycles. The summed E-state index contributed by atoms with van der Waals surface area (Å²) in [4.78, 5) is 39.1. The predicted octanol–water partition coefficient (Wildman–Crippen LogP) is 4.58. The van der Waals surface area contributed by atoms with Gasteiger partial charge >= 0.3 is 17.9 Å². The third kappa shape index (κ3) is 3.57. The van der Waals surface area contributed by atoms with E-state index in [9.17, 15) is 19.5 Å². The summed E-state index contributed by atoms with van der Waals surface area (Å²) in [6.07, 6.45) is 8.41. The molecule has 9 atom stereocenters. The summed E-state index contributed by atoms with van der Waals surface area (Å²) in [5.41, 5.74) is 0.679. The maximum atomic E-state index is 13.2. The van der Waals surface area contributed by atoms with Gasteiger partial charge in [0.15, 0.2) is 5.79 Å². The first kappa shape index (κ1) is 28.0. The van der Waals surface area contributed by atoms with Gasteiger partial charge in [-0.25, -0.2) is 9.59 Å². The molecule has 41 heavy (non-hydrogen) atoms. The molecule has 2 saturated heterocycles. The van der Waals surface area contributed by atoms with Crippen molar-refractivity contribution in [3.05, 3.63) is 59.1 Å². The van der Waals surface area contributed by atoms with E-state index in [1.807, 2.05) is 26.0 Å². The molecule has 3 aliphatic carbocycles. The van der Waals surface area contributed by atoms with Gasteiger partial charge in [-0.15, -0.1) is 0 Å². The molecule has 6 aliphatic rings. The van der Waals surface area contributed by atoms with E-state index >= 15 is 0 Å². The molecule has 9 heteroatoms. The predicted molar refractivity (Wildman–Crippen MR) is 145 cm³/mol. The van der Waals surface area contributed by atoms with Crippen molar-refractivity contribution in [1.82, 2.24) is 0 Å². The number of hydrogen-bond acceptors (Lipinski definition) is 9. The van der Waals surface area contributed by atoms with Gasteiger partial charge in [0.05, 0.1) is 32.2 Å². The summed E-state index contributed by atoms with van der Waals surface area (Å²) in [7, 11) is 1.35. The van der Waals surface area contributed by atoms with Gasteiger partial charge in [-0.2, -0.15) is 0 Å². The van der Waals surface area contributed by atoms with Crippen LogP contribution in [0.25, 0.3) is 0 Å². The summed E-state index contributed by atoms with van der Waals surface area (Å²) in [5.74, 6) is -4.46. The molecule has 9 unspecified atom stereocenters. The molecule has 0 aromatic carbocycles. The van der Waals surface area contributed by atoms with Gasteiger partial charge in [0.25, 0.3) is 0 Å². The van der Waals surface area contributed by atoms with Crippen LogP contribution >= 0.6 is 0 Å². The fraction of sp³-hybridized carbons (Fsp3) is 0.594. The standard InChI is InChI=1S/C32H38O9/c1-7-17(2)28(35)41-27-22-12-19-20(31(5)23(14-24(33)37-6)30(27,4)16-39-32(22,31)36)8-10-29(3)21(19)13-25(34)40-26(29)18-9-11-38-15-18/h7,9,11-13,15,20,22-23,26-27,36H,8,10,14,16H2,1-6H3. The number of rotatable bonds is 5. The second-order valence-electron chi connectivity index (χ2n) is 13.0. The number of aliphatic hydroxyl groups is 1. The second-order valence-corrected chi connectivity index (χ2v) is 13.0. The zero-order valence-electron chi connectivity index (χ0n) is 24.4. The zero-order valence-corrected chi connectivity index (χ0v) is 24.4. The number of allylic oxidation sites excluding steroid dienone is 2. The van der Waals surface area contributed by atoms with Crippen LogP contribution in [0, 0.1) is 34.0 Å². The van der Waals surface area contributed by atoms with Gasteiger partial charge in [0, 0.05) is 39.9 Å². The lowest BCUT2D eigenvalue weighted by atomic mass is 9.38. The van der Waals surface area contributed by atoms with Crippen LogP contribution < -0.4 is 0 Å². The monoisotopic (exact) mass is 566 g/mol. The van der Waals surface area contributed by atoms with Crippen LogP contribution in [-0.2, 0) is 33.3 Å². The van der Waals surface area contributed by atoms with Crippen LogP contribution in [-0.4, -0.2) is 48.6 Å². The molecule has 4 fully saturated rings. The molecule has 0 radical (unpaired) electrons. The van der Waals surface area contributed by atoms with Crippen molar-refractivity contribution in [2.75, 3.05) is 13.7 Å². The highest BCUT2D eigenvalue weighted by Gasteiger charge is 2.78. The number of cyclic esters (lactones) is 1. The zero-order chi connectivity index (χ0) is 29.5. The van der Waals surface area contributed by atoms with Crippen LogP contribution in [0.4, 0.5) is 0 Å². The Labute approximate surface area is 239 Å². The molecular formula is C32H38O9. The van der Waals surface area contributed by atoms with E-state index in [0.29, 0.717) is 18.4 Å². The molecule has 4 heterocycles. The number of hydrogen-bond donors (Lipinski definition) is 1. The van der Waals surface area contributed by atoms with Crippen molar-refractivity contribution in [1.29, 1.82) is 0 Å². The maximum absolute atomic E-state index is 13.2. The van der Waals surface area contributed by atoms with Crippen molar-refractivity contribution in [2.45, 2.75) is 71.9 Å². The Balaban J connectivity index is 1.54. The van der Waals surface area contributed by atoms with Crippen LogP contribution in [0.1, 0.15) is 65.5 Å². The Bertz CT molecular complexity index is 1390. The molecule has 0 amide bonds. The van der Waals surface area contributed by atoms with Gasteiger partial charge in [0.1, 0.15) is 12.2 Å². The molecule has 1 aromatic rings. The van der Waals surface area contributed by atoms with Gasteiger partial charge in [-0.05, 0) is 55.7 Å². The molecule has 220 valence electrons. The molecule has 1 aromatic heterocycles. The Hall–Kier alpha value is -3.17. The smallest absolute Gasteiger partial charge is 0.333 e. The highest BCUT2D eigenvalue weighted by molar-refractivity contribution is 5.88. The van der Waals surface area contributed by atoms with Crippen molar-refractivity contribution in [3.63, 3.8) is 0 Å². The maximum Gasteiger partial charge on any atom is 0.333 e. The highest BCUT2D eigenvalue weighted by Crippen LogP contribution is 2.74. The van der Waals surface area contributed by atoms with E-state index < -0.39 is 64.0 Å². The quantitative estimate of drug-likeness (QED) is 0.310. The number of carbonyl (C=O) groups is 3. The van der Waals surface area contributed by atoms with Gasteiger partial charge in [-0.3, -0.25) is 4.79 Å². The minimum atomic E-state index is -1.71. The second kappa shape index (κ2) is 9.16. The van der Waals surface area contributed by atoms with Crippen LogP contribution in [0.5, 0.6) is 0 Å². The van der Waals surface area contributed by atoms with Crippen LogP contribution in [0.2, 0.25) is 0 Å². The fourth-order valence-electron chi connectivity index (χ4n) is 8.78. The largest absolute Gasteiger partial charge is 0.472 e. The fourth-order valence-corrected chi connectivity index (χ4v) is 8.78. The number of furan rings is 1. The van der Waals surface area contributed by atoms with E-state index in [1.54, 1.807) is 38.5 Å². The van der Waals surface area contributed by atoms with E-state index in [4.69, 9.17) is 23.4 Å². The van der Waals surface area contributed by atoms with Gasteiger partial charge in [0.2, 0.25) is 0 Å². The lowest BCUT2D eigenvalue weighted by Gasteiger charge is -2.73. The van der Waals surface area contributed by atoms with Crippen molar-refractivity contribution in [2.24, 2.45) is 34.0 Å². The first-order valence-corrected chi connectivity index (χ1v) is 14.3. The van der Waals surface area contributed by atoms with Crippen molar-refractivity contribution < 1.29 is 42.9 Å². The normalized spacial score (nSPS) is 42.8. The summed E-state index contributed by atoms with van der Waals surface area (Å²) in [5, 5.41) is 12.5. The molecule has 0 spiro atoms. The van der Waals surface area contributed by atoms with Gasteiger partial charge < -0.3 is 28.5 Å². The summed E-state index contributed by atoms with van der Waals surface area (Å²) in [6, 6.07) is 1.81. The number of methoxy groups -OCH3 is 1. The average Bonchev–Trinajstić information content (AvgIpc) is 3.48. The molecular weight excluding hydrogens is 528 g/mol. The molecule has 7 rings (SSSR count). The molecule has 2 saturated carbocycles. The third-order valence-corrected chi connectivity index (χ3v) is 11.2. The lowest BCUT2D eigenvalue weighted by Crippen LogP contribution is -2.79. The third-order valence-electron chi connectivity index (χ3n) is 11.2. The summed E-state index contributed by atoms with van der Waals surface area (Å²) >= 11 is 0. The SMILES string of the molecule is CC=C(C)C(=O)OC1C2C=C3C4=CC(=O)OC(c5ccoc5)C4(C)CCC3C3(C)C(CC(=O)OC)C1(C)COC23O. The number of esters is 3. The van der Waals surface area contributed by atoms with E-state index in [0.717, 1.165) is 16.7 Å². The number of carbonyl (C=O) groups excluding carboxylic acids is 3. The Morgan fingerprint density at radius 2 is 2.00 bits per heavy atom. The number of fused-ring (bicyclic) bond motifs is 4. The van der Waals surface area contributed by atoms with Gasteiger partial charge in [-0.1, -0.05) is 32.9 Å². The average molecular weight is 567 g/mol. The topological polar surface area (TPSA) is 122 Å². The number of ether oxygens (including phenoxy) is 4. The Morgan fingerprint density at radius 1 is 1.24 bits per heavy atom. The lowest BCUT2D eigenvalue weighted by molar-refractivity contribution is -0.426. The first-order chi connectivity index (χ1) is 19.3. The van der Waals surface area contributed by atoms with E-state index in [1.165, 1.54) is 7.11 Å². The minimum Gasteiger partial charge on any atom is -0.472 e. The van der Waals surface area contributed by atoms with Crippen molar-refractivity contribution in [3.8, 4) is 0 Å². The first-order valence-electron chi connectivity index (χ1n) is 14.3. The van der Waals surface area contributed by atoms with E-state index in [2.05, 4.69) is 6.92 Å². The van der Waals surface area contributed by atoms with Crippen molar-refractivity contribution >= 4 is 17.9 Å². The summed E-state index contributed by atoms with van der Waals surface area (Å²) in [6.45, 7) is 9.62. The highest BCUT2D eigenvalue weighted by atomic mass is 16.6. The molecule has 4 bridgehead atoms. The Morgan fingerprint density at radius 3 is 2.66 bits per heavy atom. The molecule has 1 N–H and O–H groups in total.